The third kappa shape index (κ3) is 3.23. The van der Waals surface area contributed by atoms with Crippen molar-refractivity contribution in [2.45, 2.75) is 5.51 Å². The van der Waals surface area contributed by atoms with E-state index in [0.29, 0.717) is 5.56 Å². The Hall–Kier alpha value is -2.48. The largest absolute Gasteiger partial charge is 0.534 e. The van der Waals surface area contributed by atoms with Gasteiger partial charge in [-0.05, 0) is 29.3 Å². The lowest BCUT2D eigenvalue weighted by Gasteiger charge is -2.19. The molecule has 0 fully saturated rings. The molecule has 24 heavy (non-hydrogen) atoms. The fourth-order valence-electron chi connectivity index (χ4n) is 2.19. The van der Waals surface area contributed by atoms with Crippen LogP contribution in [0.1, 0.15) is 11.1 Å². The van der Waals surface area contributed by atoms with Gasteiger partial charge in [0.05, 0.1) is 0 Å². The van der Waals surface area contributed by atoms with Crippen LogP contribution in [0.25, 0.3) is 11.6 Å². The van der Waals surface area contributed by atoms with Gasteiger partial charge in [0.2, 0.25) is 0 Å². The lowest BCUT2D eigenvalue weighted by atomic mass is 10.0. The van der Waals surface area contributed by atoms with E-state index in [2.05, 4.69) is 4.18 Å². The minimum atomic E-state index is -5.70. The van der Waals surface area contributed by atoms with Gasteiger partial charge in [0.25, 0.3) is 0 Å². The zero-order valence-electron chi connectivity index (χ0n) is 12.1. The average Bonchev–Trinajstić information content (AvgIpc) is 2.54. The van der Waals surface area contributed by atoms with Gasteiger partial charge in [-0.25, -0.2) is 0 Å². The summed E-state index contributed by atoms with van der Waals surface area (Å²) in [5.74, 6) is -0.202. The molecule has 2 aromatic rings. The second kappa shape index (κ2) is 5.86. The number of benzene rings is 2. The Morgan fingerprint density at radius 3 is 2.42 bits per heavy atom. The fraction of sp³-hybridized carbons (Fsp3) is 0.125. The monoisotopic (exact) mass is 356 g/mol. The Labute approximate surface area is 136 Å². The van der Waals surface area contributed by atoms with Crippen LogP contribution < -0.4 is 8.92 Å². The second-order valence-electron chi connectivity index (χ2n) is 5.01. The minimum Gasteiger partial charge on any atom is -0.488 e. The van der Waals surface area contributed by atoms with Crippen molar-refractivity contribution in [3.05, 3.63) is 59.7 Å². The number of fused-ring (bicyclic) bond motifs is 1. The van der Waals surface area contributed by atoms with E-state index in [1.807, 2.05) is 36.4 Å². The van der Waals surface area contributed by atoms with Gasteiger partial charge in [0.15, 0.2) is 0 Å². The summed E-state index contributed by atoms with van der Waals surface area (Å²) in [6, 6.07) is 13.2. The summed E-state index contributed by atoms with van der Waals surface area (Å²) in [5.41, 5.74) is -3.00. The summed E-state index contributed by atoms with van der Waals surface area (Å²) in [6.07, 6.45) is 1.83. The number of hydrogen-bond donors (Lipinski definition) is 0. The van der Waals surface area contributed by atoms with Crippen LogP contribution in [0.15, 0.2) is 48.5 Å². The van der Waals surface area contributed by atoms with E-state index in [-0.39, 0.29) is 12.4 Å². The van der Waals surface area contributed by atoms with E-state index >= 15 is 0 Å². The third-order valence-electron chi connectivity index (χ3n) is 3.33. The van der Waals surface area contributed by atoms with Crippen LogP contribution >= 0.6 is 0 Å². The quantitative estimate of drug-likeness (QED) is 0.619. The minimum absolute atomic E-state index is 0.215. The Kier molecular flexibility index (Phi) is 4.00. The van der Waals surface area contributed by atoms with E-state index in [9.17, 15) is 21.6 Å². The molecular formula is C16H11F3O4S. The fourth-order valence-corrected chi connectivity index (χ4v) is 2.64. The predicted octanol–water partition coefficient (Wildman–Crippen LogP) is 3.85. The van der Waals surface area contributed by atoms with Crippen LogP contribution in [0.5, 0.6) is 11.5 Å². The molecule has 4 nitrogen and oxygen atoms in total. The molecule has 1 aliphatic heterocycles. The lowest BCUT2D eigenvalue weighted by Crippen LogP contribution is -2.28. The molecule has 126 valence electrons. The molecule has 0 radical (unpaired) electrons. The molecule has 0 saturated carbocycles. The van der Waals surface area contributed by atoms with E-state index in [1.165, 1.54) is 6.07 Å². The van der Waals surface area contributed by atoms with Gasteiger partial charge in [-0.1, -0.05) is 30.3 Å². The zero-order valence-corrected chi connectivity index (χ0v) is 12.9. The maximum atomic E-state index is 12.3. The molecular weight excluding hydrogens is 345 g/mol. The summed E-state index contributed by atoms with van der Waals surface area (Å²) in [4.78, 5) is 0. The second-order valence-corrected chi connectivity index (χ2v) is 6.54. The molecule has 0 amide bonds. The van der Waals surface area contributed by atoms with Crippen LogP contribution in [0.4, 0.5) is 13.2 Å². The lowest BCUT2D eigenvalue weighted by molar-refractivity contribution is -0.0500. The first-order valence-electron chi connectivity index (χ1n) is 6.80. The normalized spacial score (nSPS) is 14.4. The molecule has 0 N–H and O–H groups in total. The summed E-state index contributed by atoms with van der Waals surface area (Å²) in [6.45, 7) is 0.215. The first-order valence-corrected chi connectivity index (χ1v) is 8.21. The first kappa shape index (κ1) is 16.4. The van der Waals surface area contributed by atoms with Crippen molar-refractivity contribution in [3.8, 4) is 11.5 Å². The molecule has 8 heteroatoms. The van der Waals surface area contributed by atoms with Gasteiger partial charge < -0.3 is 8.92 Å². The van der Waals surface area contributed by atoms with Crippen molar-refractivity contribution in [1.82, 2.24) is 0 Å². The van der Waals surface area contributed by atoms with Crippen LogP contribution in [-0.4, -0.2) is 20.5 Å². The zero-order chi connectivity index (χ0) is 17.4. The highest BCUT2D eigenvalue weighted by Crippen LogP contribution is 2.35. The van der Waals surface area contributed by atoms with E-state index < -0.39 is 21.4 Å². The molecule has 0 spiro atoms. The SMILES string of the molecule is O=S(=O)(Oc1ccc2c(c1)OCC(c1ccccc1)=C2)C(F)(F)F. The highest BCUT2D eigenvalue weighted by atomic mass is 32.2. The summed E-state index contributed by atoms with van der Waals surface area (Å²) in [7, 11) is -5.70. The summed E-state index contributed by atoms with van der Waals surface area (Å²) in [5, 5.41) is 0. The van der Waals surface area contributed by atoms with Crippen molar-refractivity contribution in [1.29, 1.82) is 0 Å². The highest BCUT2D eigenvalue weighted by molar-refractivity contribution is 7.88. The molecule has 0 atom stereocenters. The summed E-state index contributed by atoms with van der Waals surface area (Å²) < 4.78 is 68.7. The Morgan fingerprint density at radius 1 is 1.04 bits per heavy atom. The van der Waals surface area contributed by atoms with Crippen molar-refractivity contribution in [3.63, 3.8) is 0 Å². The highest BCUT2D eigenvalue weighted by Gasteiger charge is 2.48. The van der Waals surface area contributed by atoms with Gasteiger partial charge in [-0.3, -0.25) is 0 Å². The predicted molar refractivity (Wildman–Crippen MR) is 81.9 cm³/mol. The smallest absolute Gasteiger partial charge is 0.488 e. The average molecular weight is 356 g/mol. The first-order chi connectivity index (χ1) is 11.3. The third-order valence-corrected chi connectivity index (χ3v) is 4.31. The maximum Gasteiger partial charge on any atom is 0.534 e. The van der Waals surface area contributed by atoms with Gasteiger partial charge in [0, 0.05) is 11.6 Å². The number of alkyl halides is 3. The molecule has 1 heterocycles. The van der Waals surface area contributed by atoms with E-state index in [1.54, 1.807) is 0 Å². The van der Waals surface area contributed by atoms with Crippen molar-refractivity contribution in [2.75, 3.05) is 6.61 Å². The molecule has 3 rings (SSSR count). The maximum absolute atomic E-state index is 12.3. The molecule has 0 unspecified atom stereocenters. The van der Waals surface area contributed by atoms with E-state index in [0.717, 1.165) is 23.3 Å². The van der Waals surface area contributed by atoms with Crippen molar-refractivity contribution < 1.29 is 30.5 Å². The summed E-state index contributed by atoms with van der Waals surface area (Å²) >= 11 is 0. The topological polar surface area (TPSA) is 52.6 Å². The van der Waals surface area contributed by atoms with Gasteiger partial charge in [-0.2, -0.15) is 21.6 Å². The van der Waals surface area contributed by atoms with Crippen LogP contribution in [0.3, 0.4) is 0 Å². The van der Waals surface area contributed by atoms with Crippen LogP contribution in [0.2, 0.25) is 0 Å². The Bertz CT molecular complexity index is 887. The van der Waals surface area contributed by atoms with Gasteiger partial charge >= 0.3 is 15.6 Å². The Morgan fingerprint density at radius 2 is 1.75 bits per heavy atom. The number of hydrogen-bond acceptors (Lipinski definition) is 4. The molecule has 0 aliphatic carbocycles. The number of ether oxygens (including phenoxy) is 1. The van der Waals surface area contributed by atoms with Crippen LogP contribution in [0, 0.1) is 0 Å². The van der Waals surface area contributed by atoms with Crippen molar-refractivity contribution in [2.24, 2.45) is 0 Å². The standard InChI is InChI=1S/C16H11F3O4S/c17-16(18,19)24(20,21)23-14-7-6-12-8-13(10-22-15(12)9-14)11-4-2-1-3-5-11/h1-9H,10H2. The van der Waals surface area contributed by atoms with Crippen LogP contribution in [-0.2, 0) is 10.1 Å². The van der Waals surface area contributed by atoms with Gasteiger partial charge in [0.1, 0.15) is 18.1 Å². The molecule has 0 saturated heterocycles. The van der Waals surface area contributed by atoms with Crippen molar-refractivity contribution >= 4 is 21.8 Å². The van der Waals surface area contributed by atoms with Gasteiger partial charge in [-0.15, -0.1) is 0 Å². The molecule has 1 aliphatic rings. The van der Waals surface area contributed by atoms with E-state index in [4.69, 9.17) is 4.74 Å². The molecule has 0 aromatic heterocycles. The Balaban J connectivity index is 1.88. The number of rotatable bonds is 3. The molecule has 0 bridgehead atoms. The molecule has 2 aromatic carbocycles. The number of halogens is 3.